The molecule has 2 aromatic rings. The van der Waals surface area contributed by atoms with Crippen molar-refractivity contribution < 1.29 is 23.5 Å². The second-order valence-electron chi connectivity index (χ2n) is 5.46. The van der Waals surface area contributed by atoms with Gasteiger partial charge in [0.2, 0.25) is 0 Å². The Balaban J connectivity index is 2.07. The summed E-state index contributed by atoms with van der Waals surface area (Å²) in [5.74, 6) is -1.71. The molecule has 0 N–H and O–H groups in total. The predicted octanol–water partition coefficient (Wildman–Crippen LogP) is 3.39. The second kappa shape index (κ2) is 6.73. The fourth-order valence-corrected chi connectivity index (χ4v) is 2.67. The number of carbonyl (C=O) groups is 2. The van der Waals surface area contributed by atoms with Crippen LogP contribution in [0.15, 0.2) is 66.7 Å². The Labute approximate surface area is 144 Å². The fraction of sp³-hybridized carbons (Fsp3) is 0.100. The molecule has 0 fully saturated rings. The van der Waals surface area contributed by atoms with Gasteiger partial charge in [-0.3, -0.25) is 0 Å². The molecule has 5 heteroatoms. The third kappa shape index (κ3) is 3.21. The second-order valence-corrected chi connectivity index (χ2v) is 5.46. The highest BCUT2D eigenvalue weighted by Crippen LogP contribution is 2.38. The number of hydrogen-bond donors (Lipinski definition) is 0. The number of rotatable bonds is 4. The molecule has 3 rings (SSSR count). The quantitative estimate of drug-likeness (QED) is 0.802. The van der Waals surface area contributed by atoms with Crippen molar-refractivity contribution in [2.75, 3.05) is 7.11 Å². The van der Waals surface area contributed by atoms with Crippen molar-refractivity contribution in [2.24, 2.45) is 0 Å². The van der Waals surface area contributed by atoms with E-state index in [1.807, 2.05) is 6.07 Å². The van der Waals surface area contributed by atoms with Crippen LogP contribution >= 0.6 is 0 Å². The van der Waals surface area contributed by atoms with Crippen LogP contribution in [0, 0.1) is 5.82 Å². The van der Waals surface area contributed by atoms with Gasteiger partial charge in [0.25, 0.3) is 5.60 Å². The minimum atomic E-state index is -1.68. The van der Waals surface area contributed by atoms with Gasteiger partial charge in [0.15, 0.2) is 0 Å². The minimum Gasteiger partial charge on any atom is -0.466 e. The molecule has 126 valence electrons. The molecule has 1 heterocycles. The van der Waals surface area contributed by atoms with E-state index >= 15 is 0 Å². The van der Waals surface area contributed by atoms with E-state index < -0.39 is 17.5 Å². The topological polar surface area (TPSA) is 52.6 Å². The third-order valence-corrected chi connectivity index (χ3v) is 3.88. The molecular formula is C20H15FO4. The van der Waals surface area contributed by atoms with Gasteiger partial charge in [-0.15, -0.1) is 0 Å². The molecule has 0 saturated heterocycles. The molecule has 0 aromatic heterocycles. The van der Waals surface area contributed by atoms with Gasteiger partial charge in [0.05, 0.1) is 7.11 Å². The van der Waals surface area contributed by atoms with Crippen LogP contribution in [0.1, 0.15) is 11.1 Å². The minimum absolute atomic E-state index is 0.364. The number of benzene rings is 2. The molecule has 25 heavy (non-hydrogen) atoms. The Morgan fingerprint density at radius 2 is 1.80 bits per heavy atom. The first-order valence-electron chi connectivity index (χ1n) is 7.59. The van der Waals surface area contributed by atoms with E-state index in [0.717, 1.165) is 0 Å². The monoisotopic (exact) mass is 338 g/mol. The van der Waals surface area contributed by atoms with Crippen LogP contribution in [0.3, 0.4) is 0 Å². The smallest absolute Gasteiger partial charge is 0.359 e. The standard InChI is InChI=1S/C20H15FO4/c1-24-19(23)20(12-11-14-7-9-16(21)10-8-14)17(13-18(22)25-20)15-5-3-2-4-6-15/h2-13H,1H3/b12-11+. The van der Waals surface area contributed by atoms with Crippen molar-refractivity contribution >= 4 is 23.6 Å². The summed E-state index contributed by atoms with van der Waals surface area (Å²) in [6, 6.07) is 14.7. The van der Waals surface area contributed by atoms with Crippen molar-refractivity contribution in [1.29, 1.82) is 0 Å². The summed E-state index contributed by atoms with van der Waals surface area (Å²) in [5.41, 5.74) is 0.0348. The highest BCUT2D eigenvalue weighted by atomic mass is 19.1. The van der Waals surface area contributed by atoms with Crippen LogP contribution in [0.2, 0.25) is 0 Å². The third-order valence-electron chi connectivity index (χ3n) is 3.88. The normalized spacial score (nSPS) is 19.6. The Morgan fingerprint density at radius 3 is 2.44 bits per heavy atom. The van der Waals surface area contributed by atoms with Crippen LogP contribution in [0.4, 0.5) is 4.39 Å². The molecule has 1 atom stereocenters. The molecular weight excluding hydrogens is 323 g/mol. The number of cyclic esters (lactones) is 1. The Bertz CT molecular complexity index is 853. The SMILES string of the molecule is COC(=O)C1(/C=C/c2ccc(F)cc2)OC(=O)C=C1c1ccccc1. The first-order valence-corrected chi connectivity index (χ1v) is 7.59. The Hall–Kier alpha value is -3.21. The van der Waals surface area contributed by atoms with Gasteiger partial charge in [0, 0.05) is 11.6 Å². The van der Waals surface area contributed by atoms with Gasteiger partial charge in [-0.05, 0) is 29.3 Å². The van der Waals surface area contributed by atoms with Gasteiger partial charge in [-0.1, -0.05) is 48.5 Å². The maximum absolute atomic E-state index is 13.0. The summed E-state index contributed by atoms with van der Waals surface area (Å²) in [4.78, 5) is 24.4. The van der Waals surface area contributed by atoms with E-state index in [0.29, 0.717) is 16.7 Å². The number of ether oxygens (including phenoxy) is 2. The zero-order valence-corrected chi connectivity index (χ0v) is 13.4. The lowest BCUT2D eigenvalue weighted by atomic mass is 9.88. The van der Waals surface area contributed by atoms with Crippen molar-refractivity contribution in [1.82, 2.24) is 0 Å². The summed E-state index contributed by atoms with van der Waals surface area (Å²) in [6.07, 6.45) is 4.32. The lowest BCUT2D eigenvalue weighted by molar-refractivity contribution is -0.163. The van der Waals surface area contributed by atoms with Crippen LogP contribution in [-0.2, 0) is 19.1 Å². The van der Waals surface area contributed by atoms with Crippen LogP contribution in [0.25, 0.3) is 11.6 Å². The van der Waals surface area contributed by atoms with E-state index in [2.05, 4.69) is 0 Å². The van der Waals surface area contributed by atoms with Crippen molar-refractivity contribution in [3.63, 3.8) is 0 Å². The van der Waals surface area contributed by atoms with Crippen molar-refractivity contribution in [3.8, 4) is 0 Å². The maximum atomic E-state index is 13.0. The molecule has 0 radical (unpaired) electrons. The lowest BCUT2D eigenvalue weighted by Crippen LogP contribution is -2.39. The van der Waals surface area contributed by atoms with E-state index in [4.69, 9.17) is 9.47 Å². The van der Waals surface area contributed by atoms with E-state index in [1.54, 1.807) is 42.5 Å². The van der Waals surface area contributed by atoms with Crippen LogP contribution in [0.5, 0.6) is 0 Å². The lowest BCUT2D eigenvalue weighted by Gasteiger charge is -2.25. The number of hydrogen-bond acceptors (Lipinski definition) is 4. The van der Waals surface area contributed by atoms with Crippen molar-refractivity contribution in [2.45, 2.75) is 5.60 Å². The van der Waals surface area contributed by atoms with Crippen LogP contribution < -0.4 is 0 Å². The first kappa shape index (κ1) is 16.6. The zero-order chi connectivity index (χ0) is 17.9. The molecule has 2 aromatic carbocycles. The maximum Gasteiger partial charge on any atom is 0.359 e. The molecule has 0 amide bonds. The fourth-order valence-electron chi connectivity index (χ4n) is 2.67. The highest BCUT2D eigenvalue weighted by Gasteiger charge is 2.49. The molecule has 1 unspecified atom stereocenters. The zero-order valence-electron chi connectivity index (χ0n) is 13.4. The summed E-state index contributed by atoms with van der Waals surface area (Å²) >= 11 is 0. The average molecular weight is 338 g/mol. The molecule has 0 bridgehead atoms. The molecule has 4 nitrogen and oxygen atoms in total. The number of methoxy groups -OCH3 is 1. The summed E-state index contributed by atoms with van der Waals surface area (Å²) in [6.45, 7) is 0. The van der Waals surface area contributed by atoms with Gasteiger partial charge < -0.3 is 9.47 Å². The predicted molar refractivity (Wildman–Crippen MR) is 90.7 cm³/mol. The number of halogens is 1. The number of esters is 2. The molecule has 0 spiro atoms. The largest absolute Gasteiger partial charge is 0.466 e. The summed E-state index contributed by atoms with van der Waals surface area (Å²) in [5, 5.41) is 0. The van der Waals surface area contributed by atoms with Gasteiger partial charge >= 0.3 is 11.9 Å². The Morgan fingerprint density at radius 1 is 1.12 bits per heavy atom. The molecule has 0 aliphatic carbocycles. The van der Waals surface area contributed by atoms with Crippen molar-refractivity contribution in [3.05, 3.63) is 83.7 Å². The van der Waals surface area contributed by atoms with E-state index in [-0.39, 0.29) is 5.82 Å². The van der Waals surface area contributed by atoms with Crippen LogP contribution in [-0.4, -0.2) is 24.6 Å². The van der Waals surface area contributed by atoms with Gasteiger partial charge in [-0.25, -0.2) is 14.0 Å². The molecule has 0 saturated carbocycles. The Kier molecular flexibility index (Phi) is 4.48. The van der Waals surface area contributed by atoms with Gasteiger partial charge in [0.1, 0.15) is 5.82 Å². The first-order chi connectivity index (χ1) is 12.0. The van der Waals surface area contributed by atoms with E-state index in [9.17, 15) is 14.0 Å². The molecule has 1 aliphatic heterocycles. The summed E-state index contributed by atoms with van der Waals surface area (Å²) < 4.78 is 23.3. The van der Waals surface area contributed by atoms with Gasteiger partial charge in [-0.2, -0.15) is 0 Å². The average Bonchev–Trinajstić information content (AvgIpc) is 2.99. The highest BCUT2D eigenvalue weighted by molar-refractivity contribution is 6.11. The van der Waals surface area contributed by atoms with E-state index in [1.165, 1.54) is 31.4 Å². The summed E-state index contributed by atoms with van der Waals surface area (Å²) in [7, 11) is 1.23. The number of carbonyl (C=O) groups excluding carboxylic acids is 2. The molecule has 1 aliphatic rings.